The first-order valence-corrected chi connectivity index (χ1v) is 11.9. The first-order chi connectivity index (χ1) is 15.3. The summed E-state index contributed by atoms with van der Waals surface area (Å²) in [6.45, 7) is -0.104. The molecule has 3 aromatic rings. The monoisotopic (exact) mass is 492 g/mol. The molecule has 0 aliphatic carbocycles. The molecular weight excluding hydrogens is 471 g/mol. The van der Waals surface area contributed by atoms with Gasteiger partial charge in [0.05, 0.1) is 27.7 Å². The summed E-state index contributed by atoms with van der Waals surface area (Å²) >= 11 is 12.4. The number of rotatable bonds is 9. The second-order valence-electron chi connectivity index (χ2n) is 6.85. The molecule has 168 valence electrons. The van der Waals surface area contributed by atoms with Crippen LogP contribution in [0.1, 0.15) is 5.56 Å². The minimum Gasteiger partial charge on any atom is -0.497 e. The Bertz CT molecular complexity index is 1170. The zero-order valence-corrected chi connectivity index (χ0v) is 19.6. The summed E-state index contributed by atoms with van der Waals surface area (Å²) in [5.74, 6) is 0.284. The lowest BCUT2D eigenvalue weighted by atomic mass is 10.1. The van der Waals surface area contributed by atoms with E-state index in [4.69, 9.17) is 27.9 Å². The van der Waals surface area contributed by atoms with Crippen molar-refractivity contribution < 1.29 is 17.9 Å². The van der Waals surface area contributed by atoms with E-state index in [1.807, 2.05) is 24.3 Å². The van der Waals surface area contributed by atoms with Gasteiger partial charge in [0.15, 0.2) is 0 Å². The fraction of sp³-hybridized carbons (Fsp3) is 0.174. The van der Waals surface area contributed by atoms with Gasteiger partial charge in [0.1, 0.15) is 12.3 Å². The number of benzene rings is 3. The number of hydrogen-bond acceptors (Lipinski definition) is 4. The van der Waals surface area contributed by atoms with E-state index < -0.39 is 22.5 Å². The van der Waals surface area contributed by atoms with Crippen LogP contribution >= 0.6 is 23.2 Å². The average Bonchev–Trinajstić information content (AvgIpc) is 2.80. The topological polar surface area (TPSA) is 75.7 Å². The molecule has 1 N–H and O–H groups in total. The lowest BCUT2D eigenvalue weighted by molar-refractivity contribution is -0.119. The van der Waals surface area contributed by atoms with Crippen molar-refractivity contribution in [2.45, 2.75) is 11.3 Å². The van der Waals surface area contributed by atoms with Crippen molar-refractivity contribution in [3.8, 4) is 5.75 Å². The third-order valence-corrected chi connectivity index (χ3v) is 7.30. The predicted octanol–water partition coefficient (Wildman–Crippen LogP) is 4.56. The van der Waals surface area contributed by atoms with Crippen molar-refractivity contribution in [2.75, 3.05) is 24.5 Å². The van der Waals surface area contributed by atoms with E-state index in [2.05, 4.69) is 5.32 Å². The Labute approximate surface area is 197 Å². The Morgan fingerprint density at radius 1 is 0.969 bits per heavy atom. The van der Waals surface area contributed by atoms with E-state index in [0.29, 0.717) is 13.0 Å². The van der Waals surface area contributed by atoms with Crippen LogP contribution in [0.2, 0.25) is 10.0 Å². The molecule has 9 heteroatoms. The molecule has 0 fully saturated rings. The molecular formula is C23H22Cl2N2O4S. The molecule has 3 aromatic carbocycles. The highest BCUT2D eigenvalue weighted by molar-refractivity contribution is 7.92. The van der Waals surface area contributed by atoms with Gasteiger partial charge < -0.3 is 10.1 Å². The highest BCUT2D eigenvalue weighted by Crippen LogP contribution is 2.35. The van der Waals surface area contributed by atoms with Gasteiger partial charge in [-0.15, -0.1) is 0 Å². The molecule has 0 saturated heterocycles. The maximum Gasteiger partial charge on any atom is 0.264 e. The molecule has 0 unspecified atom stereocenters. The highest BCUT2D eigenvalue weighted by atomic mass is 35.5. The van der Waals surface area contributed by atoms with Crippen LogP contribution in [-0.4, -0.2) is 34.5 Å². The molecule has 0 saturated carbocycles. The molecule has 0 bridgehead atoms. The quantitative estimate of drug-likeness (QED) is 0.475. The van der Waals surface area contributed by atoms with Crippen LogP contribution in [0.5, 0.6) is 5.75 Å². The van der Waals surface area contributed by atoms with Crippen LogP contribution < -0.4 is 14.4 Å². The van der Waals surface area contributed by atoms with E-state index in [9.17, 15) is 13.2 Å². The number of sulfonamides is 1. The summed E-state index contributed by atoms with van der Waals surface area (Å²) in [5.41, 5.74) is 1.14. The van der Waals surface area contributed by atoms with Crippen LogP contribution in [0.15, 0.2) is 77.7 Å². The summed E-state index contributed by atoms with van der Waals surface area (Å²) in [5, 5.41) is 3.01. The molecule has 6 nitrogen and oxygen atoms in total. The Hall–Kier alpha value is -2.74. The zero-order valence-electron chi connectivity index (χ0n) is 17.3. The van der Waals surface area contributed by atoms with Gasteiger partial charge in [-0.25, -0.2) is 8.42 Å². The fourth-order valence-corrected chi connectivity index (χ4v) is 4.93. The van der Waals surface area contributed by atoms with Crippen LogP contribution in [0.4, 0.5) is 5.69 Å². The lowest BCUT2D eigenvalue weighted by Gasteiger charge is -2.25. The molecule has 0 heterocycles. The maximum atomic E-state index is 13.3. The normalized spacial score (nSPS) is 11.1. The van der Waals surface area contributed by atoms with Gasteiger partial charge in [-0.3, -0.25) is 9.10 Å². The summed E-state index contributed by atoms with van der Waals surface area (Å²) in [6.07, 6.45) is 0.582. The van der Waals surface area contributed by atoms with E-state index in [0.717, 1.165) is 15.6 Å². The number of nitrogens with one attached hydrogen (secondary N) is 1. The van der Waals surface area contributed by atoms with Gasteiger partial charge in [-0.1, -0.05) is 59.6 Å². The smallest absolute Gasteiger partial charge is 0.264 e. The number of halogens is 2. The van der Waals surface area contributed by atoms with Crippen LogP contribution in [-0.2, 0) is 21.2 Å². The molecule has 1 amide bonds. The van der Waals surface area contributed by atoms with Crippen LogP contribution in [0.3, 0.4) is 0 Å². The van der Waals surface area contributed by atoms with Gasteiger partial charge >= 0.3 is 0 Å². The van der Waals surface area contributed by atoms with E-state index in [1.165, 1.54) is 18.2 Å². The summed E-state index contributed by atoms with van der Waals surface area (Å²) in [4.78, 5) is 12.7. The van der Waals surface area contributed by atoms with Crippen molar-refractivity contribution in [3.05, 3.63) is 88.4 Å². The van der Waals surface area contributed by atoms with Crippen molar-refractivity contribution in [2.24, 2.45) is 0 Å². The second-order valence-corrected chi connectivity index (χ2v) is 9.49. The SMILES string of the molecule is COc1ccc(CCNC(=O)CN(c2cccc(Cl)c2Cl)S(=O)(=O)c2ccccc2)cc1. The average molecular weight is 493 g/mol. The zero-order chi connectivity index (χ0) is 23.1. The number of carbonyl (C=O) groups excluding carboxylic acids is 1. The number of amides is 1. The molecule has 0 radical (unpaired) electrons. The minimum atomic E-state index is -4.06. The molecule has 0 spiro atoms. The number of hydrogen-bond donors (Lipinski definition) is 1. The van der Waals surface area contributed by atoms with E-state index in [-0.39, 0.29) is 20.6 Å². The Morgan fingerprint density at radius 2 is 1.66 bits per heavy atom. The van der Waals surface area contributed by atoms with Crippen molar-refractivity contribution in [3.63, 3.8) is 0 Å². The van der Waals surface area contributed by atoms with Gasteiger partial charge in [0.25, 0.3) is 10.0 Å². The third-order valence-electron chi connectivity index (χ3n) is 4.71. The number of ether oxygens (including phenoxy) is 1. The number of carbonyl (C=O) groups is 1. The highest BCUT2D eigenvalue weighted by Gasteiger charge is 2.29. The van der Waals surface area contributed by atoms with Gasteiger partial charge in [0, 0.05) is 6.54 Å². The van der Waals surface area contributed by atoms with E-state index in [1.54, 1.807) is 37.4 Å². The van der Waals surface area contributed by atoms with Crippen LogP contribution in [0, 0.1) is 0 Å². The first kappa shape index (κ1) is 23.9. The second kappa shape index (κ2) is 10.7. The standard InChI is InChI=1S/C23H22Cl2N2O4S/c1-31-18-12-10-17(11-13-18)14-15-26-22(28)16-27(21-9-5-8-20(24)23(21)25)32(29,30)19-6-3-2-4-7-19/h2-13H,14-16H2,1H3,(H,26,28). The molecule has 3 rings (SSSR count). The predicted molar refractivity (Wildman–Crippen MR) is 127 cm³/mol. The molecule has 0 aromatic heterocycles. The van der Waals surface area contributed by atoms with Crippen molar-refractivity contribution >= 4 is 44.8 Å². The maximum absolute atomic E-state index is 13.3. The lowest BCUT2D eigenvalue weighted by Crippen LogP contribution is -2.41. The minimum absolute atomic E-state index is 0.0436. The Kier molecular flexibility index (Phi) is 8.01. The summed E-state index contributed by atoms with van der Waals surface area (Å²) in [7, 11) is -2.46. The fourth-order valence-electron chi connectivity index (χ4n) is 3.03. The number of anilines is 1. The number of nitrogens with zero attached hydrogens (tertiary/aromatic N) is 1. The summed E-state index contributed by atoms with van der Waals surface area (Å²) < 4.78 is 32.7. The molecule has 0 atom stereocenters. The van der Waals surface area contributed by atoms with Crippen molar-refractivity contribution in [1.82, 2.24) is 5.32 Å². The molecule has 32 heavy (non-hydrogen) atoms. The molecule has 0 aliphatic rings. The van der Waals surface area contributed by atoms with Crippen molar-refractivity contribution in [1.29, 1.82) is 0 Å². The number of methoxy groups -OCH3 is 1. The largest absolute Gasteiger partial charge is 0.497 e. The van der Waals surface area contributed by atoms with Gasteiger partial charge in [-0.2, -0.15) is 0 Å². The van der Waals surface area contributed by atoms with Gasteiger partial charge in [-0.05, 0) is 48.4 Å². The van der Waals surface area contributed by atoms with Crippen LogP contribution in [0.25, 0.3) is 0 Å². The van der Waals surface area contributed by atoms with Gasteiger partial charge in [0.2, 0.25) is 5.91 Å². The Balaban J connectivity index is 1.78. The first-order valence-electron chi connectivity index (χ1n) is 9.74. The summed E-state index contributed by atoms with van der Waals surface area (Å²) in [6, 6.07) is 20.0. The van der Waals surface area contributed by atoms with E-state index >= 15 is 0 Å². The third kappa shape index (κ3) is 5.73. The molecule has 0 aliphatic heterocycles. The Morgan fingerprint density at radius 3 is 2.31 bits per heavy atom.